The third-order valence-electron chi connectivity index (χ3n) is 5.55. The number of halogens is 5. The van der Waals surface area contributed by atoms with Crippen LogP contribution in [0.3, 0.4) is 0 Å². The first kappa shape index (κ1) is 27.3. The molecule has 36 heavy (non-hydrogen) atoms. The molecule has 3 rings (SSSR count). The van der Waals surface area contributed by atoms with E-state index in [1.807, 2.05) is 0 Å². The van der Waals surface area contributed by atoms with Crippen molar-refractivity contribution in [2.45, 2.75) is 43.4 Å². The minimum atomic E-state index is -4.58. The van der Waals surface area contributed by atoms with Gasteiger partial charge in [-0.05, 0) is 67.3 Å². The van der Waals surface area contributed by atoms with E-state index in [1.54, 1.807) is 19.1 Å². The van der Waals surface area contributed by atoms with E-state index in [-0.39, 0.29) is 28.9 Å². The quantitative estimate of drug-likeness (QED) is 0.400. The largest absolute Gasteiger partial charge is 0.416 e. The van der Waals surface area contributed by atoms with Crippen LogP contribution >= 0.6 is 0 Å². The number of rotatable bonds is 9. The number of primary amides is 1. The molecule has 0 aliphatic carbocycles. The summed E-state index contributed by atoms with van der Waals surface area (Å²) in [6.07, 6.45) is -4.89. The number of hydrogen-bond donors (Lipinski definition) is 1. The second kappa shape index (κ2) is 10.8. The third-order valence-corrected chi connectivity index (χ3v) is 7.42. The molecule has 0 heterocycles. The van der Waals surface area contributed by atoms with Gasteiger partial charge in [0.05, 0.1) is 10.5 Å². The molecule has 1 amide bonds. The summed E-state index contributed by atoms with van der Waals surface area (Å²) in [7, 11) is -4.36. The summed E-state index contributed by atoms with van der Waals surface area (Å²) in [6.45, 7) is 1.29. The van der Waals surface area contributed by atoms with Crippen molar-refractivity contribution in [1.82, 2.24) is 4.31 Å². The summed E-state index contributed by atoms with van der Waals surface area (Å²) < 4.78 is 94.0. The molecule has 0 aliphatic rings. The maximum Gasteiger partial charge on any atom is 0.416 e. The fourth-order valence-corrected chi connectivity index (χ4v) is 5.29. The smallest absolute Gasteiger partial charge is 0.368 e. The molecule has 3 aromatic rings. The molecule has 3 aromatic carbocycles. The van der Waals surface area contributed by atoms with E-state index in [0.29, 0.717) is 6.07 Å². The van der Waals surface area contributed by atoms with Gasteiger partial charge in [-0.15, -0.1) is 0 Å². The standard InChI is InChI=1S/C25H23F5N2O3S/c1-16-2-9-22(10-3-16)36(34,35)32(15-17-4-7-19(8-5-17)25(28,29)30)23(24(31)33)11-6-18-12-20(26)14-21(27)13-18/h2-5,7-10,12-14,23H,6,11,15H2,1H3,(H2,31,33). The number of carbonyl (C=O) groups excluding carboxylic acids is 1. The van der Waals surface area contributed by atoms with Crippen LogP contribution in [0.25, 0.3) is 0 Å². The van der Waals surface area contributed by atoms with Crippen molar-refractivity contribution in [2.75, 3.05) is 0 Å². The molecule has 0 bridgehead atoms. The monoisotopic (exact) mass is 526 g/mol. The normalized spacial score (nSPS) is 13.1. The first-order valence-electron chi connectivity index (χ1n) is 10.8. The van der Waals surface area contributed by atoms with E-state index in [4.69, 9.17) is 5.73 Å². The molecule has 1 atom stereocenters. The second-order valence-electron chi connectivity index (χ2n) is 8.29. The number of aryl methyl sites for hydroxylation is 2. The van der Waals surface area contributed by atoms with E-state index < -0.39 is 51.9 Å². The maximum absolute atomic E-state index is 13.6. The molecule has 5 nitrogen and oxygen atoms in total. The van der Waals surface area contributed by atoms with Crippen LogP contribution in [0.1, 0.15) is 28.7 Å². The van der Waals surface area contributed by atoms with Gasteiger partial charge in [-0.3, -0.25) is 4.79 Å². The Morgan fingerprint density at radius 1 is 0.917 bits per heavy atom. The van der Waals surface area contributed by atoms with Crippen molar-refractivity contribution < 1.29 is 35.2 Å². The SMILES string of the molecule is Cc1ccc(S(=O)(=O)N(Cc2ccc(C(F)(F)F)cc2)C(CCc2cc(F)cc(F)c2)C(N)=O)cc1. The maximum atomic E-state index is 13.6. The highest BCUT2D eigenvalue weighted by Crippen LogP contribution is 2.30. The summed E-state index contributed by atoms with van der Waals surface area (Å²) in [5.41, 5.74) is 5.78. The highest BCUT2D eigenvalue weighted by atomic mass is 32.2. The van der Waals surface area contributed by atoms with Gasteiger partial charge in [0, 0.05) is 12.6 Å². The van der Waals surface area contributed by atoms with Crippen molar-refractivity contribution in [2.24, 2.45) is 5.73 Å². The molecule has 0 aliphatic heterocycles. The van der Waals surface area contributed by atoms with Crippen molar-refractivity contribution >= 4 is 15.9 Å². The van der Waals surface area contributed by atoms with E-state index in [1.165, 1.54) is 12.1 Å². The average molecular weight is 527 g/mol. The lowest BCUT2D eigenvalue weighted by molar-refractivity contribution is -0.137. The van der Waals surface area contributed by atoms with Gasteiger partial charge >= 0.3 is 6.18 Å². The Morgan fingerprint density at radius 3 is 1.97 bits per heavy atom. The van der Waals surface area contributed by atoms with Gasteiger partial charge in [-0.1, -0.05) is 29.8 Å². The fourth-order valence-electron chi connectivity index (χ4n) is 3.67. The number of alkyl halides is 3. The van der Waals surface area contributed by atoms with Gasteiger partial charge in [0.25, 0.3) is 0 Å². The van der Waals surface area contributed by atoms with Crippen molar-refractivity contribution in [3.63, 3.8) is 0 Å². The lowest BCUT2D eigenvalue weighted by atomic mass is 10.0. The molecule has 2 N–H and O–H groups in total. The van der Waals surface area contributed by atoms with Crippen molar-refractivity contribution in [1.29, 1.82) is 0 Å². The molecule has 0 aromatic heterocycles. The molecule has 192 valence electrons. The Hall–Kier alpha value is -3.31. The van der Waals surface area contributed by atoms with Crippen LogP contribution in [0.4, 0.5) is 22.0 Å². The predicted molar refractivity (Wildman–Crippen MR) is 123 cm³/mol. The lowest BCUT2D eigenvalue weighted by Gasteiger charge is -2.29. The minimum Gasteiger partial charge on any atom is -0.368 e. The predicted octanol–water partition coefficient (Wildman–Crippen LogP) is 4.97. The second-order valence-corrected chi connectivity index (χ2v) is 10.2. The Bertz CT molecular complexity index is 1310. The van der Waals surface area contributed by atoms with Gasteiger partial charge in [-0.2, -0.15) is 17.5 Å². The van der Waals surface area contributed by atoms with E-state index >= 15 is 0 Å². The van der Waals surface area contributed by atoms with E-state index in [0.717, 1.165) is 46.3 Å². The highest BCUT2D eigenvalue weighted by molar-refractivity contribution is 7.89. The van der Waals surface area contributed by atoms with Gasteiger partial charge in [0.15, 0.2) is 0 Å². The van der Waals surface area contributed by atoms with Gasteiger partial charge in [0.2, 0.25) is 15.9 Å². The number of amides is 1. The Labute approximate surface area is 205 Å². The van der Waals surface area contributed by atoms with Crippen LogP contribution < -0.4 is 5.73 Å². The van der Waals surface area contributed by atoms with Gasteiger partial charge in [-0.25, -0.2) is 17.2 Å². The van der Waals surface area contributed by atoms with Crippen LogP contribution in [-0.4, -0.2) is 24.7 Å². The van der Waals surface area contributed by atoms with Crippen molar-refractivity contribution in [3.8, 4) is 0 Å². The van der Waals surface area contributed by atoms with E-state index in [9.17, 15) is 35.2 Å². The van der Waals surface area contributed by atoms with Crippen LogP contribution in [0, 0.1) is 18.6 Å². The molecular weight excluding hydrogens is 503 g/mol. The Kier molecular flexibility index (Phi) is 8.15. The van der Waals surface area contributed by atoms with Gasteiger partial charge < -0.3 is 5.73 Å². The number of carbonyl (C=O) groups is 1. The molecule has 11 heteroatoms. The van der Waals surface area contributed by atoms with Crippen molar-refractivity contribution in [3.05, 3.63) is 101 Å². The summed E-state index contributed by atoms with van der Waals surface area (Å²) in [5, 5.41) is 0. The molecule has 0 spiro atoms. The third kappa shape index (κ3) is 6.67. The summed E-state index contributed by atoms with van der Waals surface area (Å²) in [5.74, 6) is -2.70. The zero-order chi connectivity index (χ0) is 26.7. The number of benzene rings is 3. The molecule has 0 radical (unpaired) electrons. The fraction of sp³-hybridized carbons (Fsp3) is 0.240. The molecule has 1 unspecified atom stereocenters. The molecule has 0 saturated heterocycles. The van der Waals surface area contributed by atoms with Crippen LogP contribution in [0.15, 0.2) is 71.6 Å². The number of sulfonamides is 1. The average Bonchev–Trinajstić information content (AvgIpc) is 2.77. The van der Waals surface area contributed by atoms with Gasteiger partial charge in [0.1, 0.15) is 17.7 Å². The summed E-state index contributed by atoms with van der Waals surface area (Å²) in [4.78, 5) is 12.3. The molecule has 0 saturated carbocycles. The highest BCUT2D eigenvalue weighted by Gasteiger charge is 2.35. The number of nitrogens with zero attached hydrogens (tertiary/aromatic N) is 1. The minimum absolute atomic E-state index is 0.0881. The van der Waals surface area contributed by atoms with Crippen LogP contribution in [-0.2, 0) is 34.0 Å². The first-order valence-corrected chi connectivity index (χ1v) is 12.2. The topological polar surface area (TPSA) is 80.5 Å². The summed E-state index contributed by atoms with van der Waals surface area (Å²) in [6, 6.07) is 10.9. The molecule has 0 fully saturated rings. The zero-order valence-corrected chi connectivity index (χ0v) is 19.9. The number of hydrogen-bond acceptors (Lipinski definition) is 3. The lowest BCUT2D eigenvalue weighted by Crippen LogP contribution is -2.47. The zero-order valence-electron chi connectivity index (χ0n) is 19.1. The first-order chi connectivity index (χ1) is 16.8. The van der Waals surface area contributed by atoms with Crippen LogP contribution in [0.5, 0.6) is 0 Å². The Morgan fingerprint density at radius 2 is 1.47 bits per heavy atom. The van der Waals surface area contributed by atoms with E-state index in [2.05, 4.69) is 0 Å². The molecular formula is C25H23F5N2O3S. The Balaban J connectivity index is 2.00. The van der Waals surface area contributed by atoms with Crippen LogP contribution in [0.2, 0.25) is 0 Å². The summed E-state index contributed by atoms with van der Waals surface area (Å²) >= 11 is 0. The number of nitrogens with two attached hydrogens (primary N) is 1.